The first-order valence-corrected chi connectivity index (χ1v) is 8.47. The van der Waals surface area contributed by atoms with E-state index >= 15 is 0 Å². The molecule has 1 atom stereocenters. The zero-order valence-corrected chi connectivity index (χ0v) is 14.8. The Balaban J connectivity index is 1.89. The highest BCUT2D eigenvalue weighted by atomic mass is 16.5. The van der Waals surface area contributed by atoms with Crippen molar-refractivity contribution in [3.63, 3.8) is 0 Å². The van der Waals surface area contributed by atoms with Crippen LogP contribution in [0.1, 0.15) is 17.5 Å². The molecule has 6 nitrogen and oxygen atoms in total. The number of carbonyl (C=O) groups excluding carboxylic acids is 2. The summed E-state index contributed by atoms with van der Waals surface area (Å²) in [6.45, 7) is 0.235. The van der Waals surface area contributed by atoms with Gasteiger partial charge >= 0.3 is 6.09 Å². The molecule has 138 valence electrons. The van der Waals surface area contributed by atoms with Gasteiger partial charge in [-0.15, -0.1) is 0 Å². The maximum Gasteiger partial charge on any atom is 0.408 e. The summed E-state index contributed by atoms with van der Waals surface area (Å²) >= 11 is 0. The third kappa shape index (κ3) is 6.94. The zero-order chi connectivity index (χ0) is 18.6. The van der Waals surface area contributed by atoms with Crippen molar-refractivity contribution in [1.29, 1.82) is 0 Å². The molecule has 2 N–H and O–H groups in total. The second-order valence-electron chi connectivity index (χ2n) is 5.76. The van der Waals surface area contributed by atoms with E-state index in [0.29, 0.717) is 12.8 Å². The van der Waals surface area contributed by atoms with E-state index in [2.05, 4.69) is 10.6 Å². The van der Waals surface area contributed by atoms with Crippen molar-refractivity contribution in [2.24, 2.45) is 0 Å². The van der Waals surface area contributed by atoms with Crippen LogP contribution >= 0.6 is 0 Å². The molecule has 0 spiro atoms. The van der Waals surface area contributed by atoms with Gasteiger partial charge in [0.2, 0.25) is 5.91 Å². The monoisotopic (exact) mass is 356 g/mol. The van der Waals surface area contributed by atoms with Gasteiger partial charge in [0.05, 0.1) is 0 Å². The van der Waals surface area contributed by atoms with E-state index in [9.17, 15) is 9.59 Å². The van der Waals surface area contributed by atoms with Crippen LogP contribution in [0.5, 0.6) is 0 Å². The summed E-state index contributed by atoms with van der Waals surface area (Å²) in [5.41, 5.74) is 1.98. The molecule has 26 heavy (non-hydrogen) atoms. The van der Waals surface area contributed by atoms with Crippen LogP contribution in [-0.2, 0) is 27.3 Å². The van der Waals surface area contributed by atoms with E-state index in [1.807, 2.05) is 60.7 Å². The molecule has 2 aromatic carbocycles. The van der Waals surface area contributed by atoms with Crippen molar-refractivity contribution >= 4 is 12.0 Å². The average Bonchev–Trinajstić information content (AvgIpc) is 2.69. The van der Waals surface area contributed by atoms with E-state index in [1.54, 1.807) is 0 Å². The largest absolute Gasteiger partial charge is 0.445 e. The first-order chi connectivity index (χ1) is 12.7. The Morgan fingerprint density at radius 3 is 2.19 bits per heavy atom. The maximum atomic E-state index is 12.3. The number of amides is 2. The summed E-state index contributed by atoms with van der Waals surface area (Å²) in [5.74, 6) is -0.306. The highest BCUT2D eigenvalue weighted by molar-refractivity contribution is 5.85. The van der Waals surface area contributed by atoms with E-state index in [4.69, 9.17) is 9.47 Å². The quantitative estimate of drug-likeness (QED) is 0.677. The number of carbonyl (C=O) groups is 2. The van der Waals surface area contributed by atoms with Crippen molar-refractivity contribution in [3.05, 3.63) is 71.8 Å². The third-order valence-corrected chi connectivity index (χ3v) is 3.78. The van der Waals surface area contributed by atoms with Crippen LogP contribution in [0.3, 0.4) is 0 Å². The van der Waals surface area contributed by atoms with Gasteiger partial charge in [-0.25, -0.2) is 4.79 Å². The number of ether oxygens (including phenoxy) is 2. The summed E-state index contributed by atoms with van der Waals surface area (Å²) in [4.78, 5) is 24.3. The highest BCUT2D eigenvalue weighted by Crippen LogP contribution is 2.06. The Morgan fingerprint density at radius 2 is 1.58 bits per heavy atom. The summed E-state index contributed by atoms with van der Waals surface area (Å²) < 4.78 is 10.1. The molecule has 2 aromatic rings. The topological polar surface area (TPSA) is 76.7 Å². The second-order valence-corrected chi connectivity index (χ2v) is 5.76. The minimum absolute atomic E-state index is 0.0847. The number of hydrogen-bond donors (Lipinski definition) is 2. The lowest BCUT2D eigenvalue weighted by atomic mass is 10.0. The Kier molecular flexibility index (Phi) is 8.15. The first-order valence-electron chi connectivity index (χ1n) is 8.47. The molecule has 0 fully saturated rings. The SMILES string of the molecule is COCNC(=O)[C@@H](CCc1ccccc1)NC(=O)OCc1ccccc1. The van der Waals surface area contributed by atoms with E-state index in [-0.39, 0.29) is 19.2 Å². The van der Waals surface area contributed by atoms with Gasteiger partial charge in [0.1, 0.15) is 19.4 Å². The molecule has 0 aliphatic carbocycles. The van der Waals surface area contributed by atoms with Gasteiger partial charge in [-0.2, -0.15) is 0 Å². The molecule has 0 aromatic heterocycles. The number of benzene rings is 2. The molecule has 0 aliphatic rings. The lowest BCUT2D eigenvalue weighted by Gasteiger charge is -2.18. The van der Waals surface area contributed by atoms with Crippen LogP contribution in [0.15, 0.2) is 60.7 Å². The van der Waals surface area contributed by atoms with Crippen molar-refractivity contribution < 1.29 is 19.1 Å². The molecule has 0 unspecified atom stereocenters. The lowest BCUT2D eigenvalue weighted by Crippen LogP contribution is -2.47. The molecule has 0 aliphatic heterocycles. The average molecular weight is 356 g/mol. The number of aryl methyl sites for hydroxylation is 1. The second kappa shape index (κ2) is 10.9. The van der Waals surface area contributed by atoms with Gasteiger partial charge in [0.15, 0.2) is 0 Å². The fourth-order valence-corrected chi connectivity index (χ4v) is 2.40. The van der Waals surface area contributed by atoms with Crippen LogP contribution in [0.25, 0.3) is 0 Å². The van der Waals surface area contributed by atoms with E-state index in [0.717, 1.165) is 11.1 Å². The Hall–Kier alpha value is -2.86. The van der Waals surface area contributed by atoms with Crippen molar-refractivity contribution in [2.75, 3.05) is 13.8 Å². The summed E-state index contributed by atoms with van der Waals surface area (Å²) in [7, 11) is 1.49. The minimum Gasteiger partial charge on any atom is -0.445 e. The molecule has 0 saturated heterocycles. The number of nitrogens with one attached hydrogen (secondary N) is 2. The van der Waals surface area contributed by atoms with E-state index in [1.165, 1.54) is 7.11 Å². The predicted molar refractivity (Wildman–Crippen MR) is 98.3 cm³/mol. The van der Waals surface area contributed by atoms with Crippen molar-refractivity contribution in [2.45, 2.75) is 25.5 Å². The van der Waals surface area contributed by atoms with Gasteiger partial charge in [0, 0.05) is 7.11 Å². The normalized spacial score (nSPS) is 11.4. The van der Waals surface area contributed by atoms with Crippen LogP contribution in [0.4, 0.5) is 4.79 Å². The predicted octanol–water partition coefficient (Wildman–Crippen LogP) is 2.63. The number of alkyl carbamates (subject to hydrolysis) is 1. The minimum atomic E-state index is -0.700. The number of hydrogen-bond acceptors (Lipinski definition) is 4. The molecule has 0 saturated carbocycles. The molecule has 0 heterocycles. The maximum absolute atomic E-state index is 12.3. The van der Waals surface area contributed by atoms with Gasteiger partial charge in [-0.3, -0.25) is 4.79 Å². The molecule has 2 rings (SSSR count). The van der Waals surface area contributed by atoms with Crippen molar-refractivity contribution in [1.82, 2.24) is 10.6 Å². The smallest absolute Gasteiger partial charge is 0.408 e. The van der Waals surface area contributed by atoms with Crippen LogP contribution in [-0.4, -0.2) is 31.9 Å². The van der Waals surface area contributed by atoms with E-state index < -0.39 is 12.1 Å². The van der Waals surface area contributed by atoms with Gasteiger partial charge in [-0.1, -0.05) is 60.7 Å². The molecule has 2 amide bonds. The fraction of sp³-hybridized carbons (Fsp3) is 0.300. The van der Waals surface area contributed by atoms with Gasteiger partial charge in [0.25, 0.3) is 0 Å². The Morgan fingerprint density at radius 1 is 0.962 bits per heavy atom. The standard InChI is InChI=1S/C20H24N2O4/c1-25-15-21-19(23)18(13-12-16-8-4-2-5-9-16)22-20(24)26-14-17-10-6-3-7-11-17/h2-11,18H,12-15H2,1H3,(H,21,23)(H,22,24)/t18-/m1/s1. The Labute approximate surface area is 153 Å². The highest BCUT2D eigenvalue weighted by Gasteiger charge is 2.21. The number of methoxy groups -OCH3 is 1. The van der Waals surface area contributed by atoms with Crippen LogP contribution in [0, 0.1) is 0 Å². The molecular weight excluding hydrogens is 332 g/mol. The molecule has 6 heteroatoms. The summed E-state index contributed by atoms with van der Waals surface area (Å²) in [6.07, 6.45) is 0.490. The molecule has 0 radical (unpaired) electrons. The molecular formula is C20H24N2O4. The number of rotatable bonds is 9. The van der Waals surface area contributed by atoms with Crippen LogP contribution in [0.2, 0.25) is 0 Å². The third-order valence-electron chi connectivity index (χ3n) is 3.78. The lowest BCUT2D eigenvalue weighted by molar-refractivity contribution is -0.124. The summed E-state index contributed by atoms with van der Waals surface area (Å²) in [5, 5.41) is 5.25. The Bertz CT molecular complexity index is 677. The van der Waals surface area contributed by atoms with Crippen molar-refractivity contribution in [3.8, 4) is 0 Å². The zero-order valence-electron chi connectivity index (χ0n) is 14.8. The van der Waals surface area contributed by atoms with Gasteiger partial charge < -0.3 is 20.1 Å². The molecule has 0 bridgehead atoms. The fourth-order valence-electron chi connectivity index (χ4n) is 2.40. The first kappa shape index (κ1) is 19.5. The van der Waals surface area contributed by atoms with Crippen LogP contribution < -0.4 is 10.6 Å². The van der Waals surface area contributed by atoms with Gasteiger partial charge in [-0.05, 0) is 24.0 Å². The summed E-state index contributed by atoms with van der Waals surface area (Å²) in [6, 6.07) is 18.5.